The summed E-state index contributed by atoms with van der Waals surface area (Å²) in [7, 11) is 0. The standard InChI is InChI=1S/C14H23FN2O2/c1-10(2)17-9-12-5-6-16-14(13(12)15)19-8-7-18-11(3)4/h5-6,10-11,17H,7-9H2,1-4H3. The largest absolute Gasteiger partial charge is 0.473 e. The quantitative estimate of drug-likeness (QED) is 0.737. The van der Waals surface area contributed by atoms with Crippen molar-refractivity contribution < 1.29 is 13.9 Å². The first-order valence-corrected chi connectivity index (χ1v) is 6.62. The summed E-state index contributed by atoms with van der Waals surface area (Å²) in [6, 6.07) is 1.96. The molecule has 0 saturated carbocycles. The Bertz CT molecular complexity index is 384. The van der Waals surface area contributed by atoms with Crippen molar-refractivity contribution in [3.8, 4) is 5.88 Å². The van der Waals surface area contributed by atoms with E-state index in [0.717, 1.165) is 0 Å². The molecule has 0 aliphatic rings. The maximum atomic E-state index is 14.0. The van der Waals surface area contributed by atoms with Gasteiger partial charge in [0.05, 0.1) is 12.7 Å². The van der Waals surface area contributed by atoms with Gasteiger partial charge in [0, 0.05) is 24.3 Å². The fraction of sp³-hybridized carbons (Fsp3) is 0.643. The highest BCUT2D eigenvalue weighted by Crippen LogP contribution is 2.17. The number of rotatable bonds is 8. The molecule has 0 aliphatic carbocycles. The van der Waals surface area contributed by atoms with Crippen molar-refractivity contribution in [2.45, 2.75) is 46.4 Å². The van der Waals surface area contributed by atoms with Crippen LogP contribution in [0.3, 0.4) is 0 Å². The van der Waals surface area contributed by atoms with Crippen LogP contribution in [0, 0.1) is 5.82 Å². The molecule has 1 aromatic heterocycles. The van der Waals surface area contributed by atoms with Crippen LogP contribution in [0.5, 0.6) is 5.88 Å². The highest BCUT2D eigenvalue weighted by atomic mass is 19.1. The van der Waals surface area contributed by atoms with Crippen LogP contribution in [0.4, 0.5) is 4.39 Å². The number of nitrogens with one attached hydrogen (secondary N) is 1. The van der Waals surface area contributed by atoms with Gasteiger partial charge >= 0.3 is 0 Å². The topological polar surface area (TPSA) is 43.4 Å². The Kier molecular flexibility index (Phi) is 6.73. The van der Waals surface area contributed by atoms with E-state index in [9.17, 15) is 4.39 Å². The van der Waals surface area contributed by atoms with E-state index in [1.807, 2.05) is 27.7 Å². The number of nitrogens with zero attached hydrogens (tertiary/aromatic N) is 1. The summed E-state index contributed by atoms with van der Waals surface area (Å²) < 4.78 is 24.7. The van der Waals surface area contributed by atoms with Crippen molar-refractivity contribution in [3.05, 3.63) is 23.6 Å². The van der Waals surface area contributed by atoms with E-state index in [1.54, 1.807) is 12.3 Å². The number of halogens is 1. The van der Waals surface area contributed by atoms with Gasteiger partial charge in [0.2, 0.25) is 0 Å². The molecular weight excluding hydrogens is 247 g/mol. The van der Waals surface area contributed by atoms with Crippen LogP contribution in [0.2, 0.25) is 0 Å². The third kappa shape index (κ3) is 5.98. The molecule has 5 heteroatoms. The summed E-state index contributed by atoms with van der Waals surface area (Å²) in [6.45, 7) is 9.09. The van der Waals surface area contributed by atoms with Gasteiger partial charge in [-0.25, -0.2) is 9.37 Å². The maximum absolute atomic E-state index is 14.0. The number of pyridine rings is 1. The Morgan fingerprint density at radius 3 is 2.63 bits per heavy atom. The van der Waals surface area contributed by atoms with Gasteiger partial charge < -0.3 is 14.8 Å². The van der Waals surface area contributed by atoms with Gasteiger partial charge in [0.15, 0.2) is 5.82 Å². The summed E-state index contributed by atoms with van der Waals surface area (Å²) in [6.07, 6.45) is 1.70. The zero-order chi connectivity index (χ0) is 14.3. The molecule has 0 radical (unpaired) electrons. The molecule has 108 valence electrons. The lowest BCUT2D eigenvalue weighted by molar-refractivity contribution is 0.0532. The predicted octanol–water partition coefficient (Wildman–Crippen LogP) is 2.52. The van der Waals surface area contributed by atoms with E-state index in [4.69, 9.17) is 9.47 Å². The number of aromatic nitrogens is 1. The van der Waals surface area contributed by atoms with Crippen LogP contribution in [-0.2, 0) is 11.3 Å². The van der Waals surface area contributed by atoms with E-state index >= 15 is 0 Å². The summed E-state index contributed by atoms with van der Waals surface area (Å²) in [4.78, 5) is 3.90. The monoisotopic (exact) mass is 270 g/mol. The molecule has 0 spiro atoms. The Hall–Kier alpha value is -1.20. The van der Waals surface area contributed by atoms with Crippen LogP contribution in [0.1, 0.15) is 33.3 Å². The Balaban J connectivity index is 2.51. The van der Waals surface area contributed by atoms with Gasteiger partial charge in [-0.15, -0.1) is 0 Å². The molecule has 1 rings (SSSR count). The first-order valence-electron chi connectivity index (χ1n) is 6.62. The van der Waals surface area contributed by atoms with E-state index in [1.165, 1.54) is 0 Å². The highest BCUT2D eigenvalue weighted by Gasteiger charge is 2.11. The minimum Gasteiger partial charge on any atom is -0.473 e. The third-order valence-electron chi connectivity index (χ3n) is 2.41. The first-order chi connectivity index (χ1) is 9.00. The molecule has 0 fully saturated rings. The van der Waals surface area contributed by atoms with Gasteiger partial charge in [-0.2, -0.15) is 0 Å². The fourth-order valence-corrected chi connectivity index (χ4v) is 1.44. The van der Waals surface area contributed by atoms with Crippen LogP contribution < -0.4 is 10.1 Å². The molecule has 0 aromatic carbocycles. The molecule has 0 saturated heterocycles. The second-order valence-electron chi connectivity index (χ2n) is 4.89. The third-order valence-corrected chi connectivity index (χ3v) is 2.41. The molecule has 0 unspecified atom stereocenters. The predicted molar refractivity (Wildman–Crippen MR) is 72.8 cm³/mol. The zero-order valence-electron chi connectivity index (χ0n) is 12.1. The molecule has 0 amide bonds. The smallest absolute Gasteiger partial charge is 0.250 e. The lowest BCUT2D eigenvalue weighted by atomic mass is 10.2. The second-order valence-corrected chi connectivity index (χ2v) is 4.89. The zero-order valence-corrected chi connectivity index (χ0v) is 12.1. The van der Waals surface area contributed by atoms with Crippen molar-refractivity contribution >= 4 is 0 Å². The molecule has 4 nitrogen and oxygen atoms in total. The molecule has 1 heterocycles. The highest BCUT2D eigenvalue weighted by molar-refractivity contribution is 5.23. The van der Waals surface area contributed by atoms with E-state index < -0.39 is 5.82 Å². The van der Waals surface area contributed by atoms with E-state index in [0.29, 0.717) is 31.4 Å². The van der Waals surface area contributed by atoms with Crippen molar-refractivity contribution in [3.63, 3.8) is 0 Å². The molecule has 0 aliphatic heterocycles. The fourth-order valence-electron chi connectivity index (χ4n) is 1.44. The molecule has 0 bridgehead atoms. The summed E-state index contributed by atoms with van der Waals surface area (Å²) in [5.41, 5.74) is 0.559. The lowest BCUT2D eigenvalue weighted by Crippen LogP contribution is -2.22. The Morgan fingerprint density at radius 2 is 2.00 bits per heavy atom. The Morgan fingerprint density at radius 1 is 1.26 bits per heavy atom. The summed E-state index contributed by atoms with van der Waals surface area (Å²) in [5.74, 6) is -0.365. The van der Waals surface area contributed by atoms with Gasteiger partial charge in [0.1, 0.15) is 6.61 Å². The normalized spacial score (nSPS) is 11.3. The van der Waals surface area contributed by atoms with E-state index in [2.05, 4.69) is 10.3 Å². The summed E-state index contributed by atoms with van der Waals surface area (Å²) in [5, 5.41) is 3.16. The number of hydrogen-bond acceptors (Lipinski definition) is 4. The molecule has 19 heavy (non-hydrogen) atoms. The molecular formula is C14H23FN2O2. The van der Waals surface area contributed by atoms with Gasteiger partial charge in [-0.1, -0.05) is 13.8 Å². The van der Waals surface area contributed by atoms with Crippen molar-refractivity contribution in [2.24, 2.45) is 0 Å². The van der Waals surface area contributed by atoms with Gasteiger partial charge in [0.25, 0.3) is 5.88 Å². The van der Waals surface area contributed by atoms with Crippen molar-refractivity contribution in [1.29, 1.82) is 0 Å². The molecule has 1 aromatic rings. The SMILES string of the molecule is CC(C)NCc1ccnc(OCCOC(C)C)c1F. The van der Waals surface area contributed by atoms with E-state index in [-0.39, 0.29) is 12.0 Å². The van der Waals surface area contributed by atoms with Crippen LogP contribution >= 0.6 is 0 Å². The number of ether oxygens (including phenoxy) is 2. The average molecular weight is 270 g/mol. The summed E-state index contributed by atoms with van der Waals surface area (Å²) >= 11 is 0. The van der Waals surface area contributed by atoms with Crippen LogP contribution in [0.25, 0.3) is 0 Å². The Labute approximate surface area is 114 Å². The minimum absolute atomic E-state index is 0.0374. The van der Waals surface area contributed by atoms with Gasteiger partial charge in [-0.05, 0) is 19.9 Å². The van der Waals surface area contributed by atoms with Gasteiger partial charge in [-0.3, -0.25) is 0 Å². The van der Waals surface area contributed by atoms with Crippen LogP contribution in [0.15, 0.2) is 12.3 Å². The lowest BCUT2D eigenvalue weighted by Gasteiger charge is -2.12. The minimum atomic E-state index is -0.403. The van der Waals surface area contributed by atoms with Crippen molar-refractivity contribution in [2.75, 3.05) is 13.2 Å². The molecule has 0 atom stereocenters. The number of hydrogen-bond donors (Lipinski definition) is 1. The maximum Gasteiger partial charge on any atom is 0.250 e. The second kappa shape index (κ2) is 8.07. The first kappa shape index (κ1) is 15.9. The average Bonchev–Trinajstić information content (AvgIpc) is 2.34. The molecule has 1 N–H and O–H groups in total. The van der Waals surface area contributed by atoms with Crippen molar-refractivity contribution in [1.82, 2.24) is 10.3 Å². The van der Waals surface area contributed by atoms with Crippen LogP contribution in [-0.4, -0.2) is 30.3 Å².